The Balaban J connectivity index is 1.33. The molecule has 1 aromatic carbocycles. The van der Waals surface area contributed by atoms with E-state index in [0.29, 0.717) is 24.3 Å². The Morgan fingerprint density at radius 1 is 1.06 bits per heavy atom. The highest BCUT2D eigenvalue weighted by Gasteiger charge is 2.20. The van der Waals surface area contributed by atoms with Gasteiger partial charge in [-0.25, -0.2) is 19.6 Å². The van der Waals surface area contributed by atoms with Crippen molar-refractivity contribution in [3.05, 3.63) is 42.4 Å². The SMILES string of the molecule is CCSc1nc(N2CCCCC2)c2cnn(CCNC(=O)c3cnc4ccccc4n3)c2n1. The maximum absolute atomic E-state index is 12.6. The van der Waals surface area contributed by atoms with E-state index in [1.165, 1.54) is 25.5 Å². The van der Waals surface area contributed by atoms with Gasteiger partial charge in [0.2, 0.25) is 0 Å². The molecular weight excluding hydrogens is 436 g/mol. The lowest BCUT2D eigenvalue weighted by Crippen LogP contribution is -2.30. The third kappa shape index (κ3) is 4.61. The Kier molecular flexibility index (Phi) is 6.34. The highest BCUT2D eigenvalue weighted by Crippen LogP contribution is 2.29. The summed E-state index contributed by atoms with van der Waals surface area (Å²) in [4.78, 5) is 33.3. The molecule has 0 aliphatic carbocycles. The molecule has 4 heterocycles. The smallest absolute Gasteiger partial charge is 0.271 e. The lowest BCUT2D eigenvalue weighted by Gasteiger charge is -2.28. The monoisotopic (exact) mass is 462 g/mol. The minimum Gasteiger partial charge on any atom is -0.356 e. The van der Waals surface area contributed by atoms with Crippen LogP contribution in [-0.4, -0.2) is 61.0 Å². The van der Waals surface area contributed by atoms with E-state index in [2.05, 4.69) is 32.2 Å². The lowest BCUT2D eigenvalue weighted by molar-refractivity contribution is 0.0947. The number of nitrogens with zero attached hydrogens (tertiary/aromatic N) is 7. The van der Waals surface area contributed by atoms with Gasteiger partial charge in [-0.3, -0.25) is 9.78 Å². The van der Waals surface area contributed by atoms with Crippen LogP contribution in [-0.2, 0) is 6.54 Å². The molecule has 1 saturated heterocycles. The molecular formula is C23H26N8OS. The molecule has 0 atom stereocenters. The van der Waals surface area contributed by atoms with Crippen LogP contribution in [0.2, 0.25) is 0 Å². The summed E-state index contributed by atoms with van der Waals surface area (Å²) in [7, 11) is 0. The number of aromatic nitrogens is 6. The predicted octanol–water partition coefficient (Wildman–Crippen LogP) is 3.30. The van der Waals surface area contributed by atoms with Gasteiger partial charge in [-0.15, -0.1) is 0 Å². The van der Waals surface area contributed by atoms with Crippen LogP contribution in [0.3, 0.4) is 0 Å². The van der Waals surface area contributed by atoms with E-state index < -0.39 is 0 Å². The summed E-state index contributed by atoms with van der Waals surface area (Å²) in [6, 6.07) is 7.50. The Morgan fingerprint density at radius 3 is 2.70 bits per heavy atom. The summed E-state index contributed by atoms with van der Waals surface area (Å²) < 4.78 is 1.84. The van der Waals surface area contributed by atoms with Crippen LogP contribution >= 0.6 is 11.8 Å². The maximum Gasteiger partial charge on any atom is 0.271 e. The number of hydrogen-bond donors (Lipinski definition) is 1. The fourth-order valence-electron chi connectivity index (χ4n) is 4.06. The third-order valence-electron chi connectivity index (χ3n) is 5.67. The second-order valence-corrected chi connectivity index (χ2v) is 9.15. The number of hydrogen-bond acceptors (Lipinski definition) is 8. The van der Waals surface area contributed by atoms with Crippen molar-refractivity contribution >= 4 is 45.6 Å². The van der Waals surface area contributed by atoms with Gasteiger partial charge in [0.25, 0.3) is 5.91 Å². The first kappa shape index (κ1) is 21.6. The van der Waals surface area contributed by atoms with E-state index in [1.54, 1.807) is 11.8 Å². The van der Waals surface area contributed by atoms with Gasteiger partial charge in [-0.1, -0.05) is 30.8 Å². The third-order valence-corrected chi connectivity index (χ3v) is 6.40. The summed E-state index contributed by atoms with van der Waals surface area (Å²) in [5, 5.41) is 9.21. The van der Waals surface area contributed by atoms with Gasteiger partial charge in [0.1, 0.15) is 11.5 Å². The van der Waals surface area contributed by atoms with Gasteiger partial charge >= 0.3 is 0 Å². The van der Waals surface area contributed by atoms with E-state index in [9.17, 15) is 4.79 Å². The number of nitrogens with one attached hydrogen (secondary N) is 1. The highest BCUT2D eigenvalue weighted by atomic mass is 32.2. The maximum atomic E-state index is 12.6. The molecule has 33 heavy (non-hydrogen) atoms. The zero-order chi connectivity index (χ0) is 22.6. The molecule has 0 radical (unpaired) electrons. The normalized spacial score (nSPS) is 14.2. The number of thioether (sulfide) groups is 1. The first-order chi connectivity index (χ1) is 16.2. The average molecular weight is 463 g/mol. The van der Waals surface area contributed by atoms with E-state index in [0.717, 1.165) is 46.4 Å². The second-order valence-electron chi connectivity index (χ2n) is 7.92. The molecule has 0 saturated carbocycles. The molecule has 1 aliphatic heterocycles. The number of fused-ring (bicyclic) bond motifs is 2. The average Bonchev–Trinajstić information content (AvgIpc) is 3.26. The zero-order valence-corrected chi connectivity index (χ0v) is 19.4. The van der Waals surface area contributed by atoms with Crippen molar-refractivity contribution in [2.75, 3.05) is 30.3 Å². The van der Waals surface area contributed by atoms with Gasteiger partial charge in [0.15, 0.2) is 10.8 Å². The Labute approximate surface area is 196 Å². The molecule has 0 unspecified atom stereocenters. The predicted molar refractivity (Wildman–Crippen MR) is 130 cm³/mol. The summed E-state index contributed by atoms with van der Waals surface area (Å²) in [5.74, 6) is 1.62. The molecule has 0 spiro atoms. The molecule has 0 bridgehead atoms. The molecule has 1 amide bonds. The van der Waals surface area contributed by atoms with Crippen LogP contribution in [0.25, 0.3) is 22.1 Å². The van der Waals surface area contributed by atoms with E-state index in [1.807, 2.05) is 35.1 Å². The fraction of sp³-hybridized carbons (Fsp3) is 0.391. The van der Waals surface area contributed by atoms with E-state index in [4.69, 9.17) is 9.97 Å². The van der Waals surface area contributed by atoms with Crippen molar-refractivity contribution < 1.29 is 4.79 Å². The van der Waals surface area contributed by atoms with Crippen LogP contribution in [0.15, 0.2) is 41.8 Å². The second kappa shape index (κ2) is 9.70. The number of carbonyl (C=O) groups is 1. The first-order valence-electron chi connectivity index (χ1n) is 11.3. The van der Waals surface area contributed by atoms with Crippen molar-refractivity contribution in [1.82, 2.24) is 35.0 Å². The number of para-hydroxylation sites is 2. The molecule has 5 rings (SSSR count). The van der Waals surface area contributed by atoms with Gasteiger partial charge < -0.3 is 10.2 Å². The molecule has 9 nitrogen and oxygen atoms in total. The summed E-state index contributed by atoms with van der Waals surface area (Å²) in [5.41, 5.74) is 2.57. The number of anilines is 1. The van der Waals surface area contributed by atoms with Crippen LogP contribution in [0.5, 0.6) is 0 Å². The summed E-state index contributed by atoms with van der Waals surface area (Å²) in [6.45, 7) is 5.03. The number of amides is 1. The van der Waals surface area contributed by atoms with Crippen molar-refractivity contribution in [2.24, 2.45) is 0 Å². The minimum atomic E-state index is -0.254. The molecule has 170 valence electrons. The Morgan fingerprint density at radius 2 is 1.88 bits per heavy atom. The lowest BCUT2D eigenvalue weighted by atomic mass is 10.1. The highest BCUT2D eigenvalue weighted by molar-refractivity contribution is 7.99. The van der Waals surface area contributed by atoms with Crippen molar-refractivity contribution in [2.45, 2.75) is 37.9 Å². The van der Waals surface area contributed by atoms with Crippen LogP contribution in [0.4, 0.5) is 5.82 Å². The quantitative estimate of drug-likeness (QED) is 0.330. The van der Waals surface area contributed by atoms with Crippen molar-refractivity contribution in [3.63, 3.8) is 0 Å². The largest absolute Gasteiger partial charge is 0.356 e. The van der Waals surface area contributed by atoms with Crippen LogP contribution in [0.1, 0.15) is 36.7 Å². The number of carbonyl (C=O) groups excluding carboxylic acids is 1. The molecule has 1 aliphatic rings. The number of rotatable bonds is 7. The van der Waals surface area contributed by atoms with Crippen LogP contribution < -0.4 is 10.2 Å². The van der Waals surface area contributed by atoms with Crippen molar-refractivity contribution in [1.29, 1.82) is 0 Å². The molecule has 3 aromatic heterocycles. The Bertz CT molecular complexity index is 1280. The molecule has 10 heteroatoms. The zero-order valence-electron chi connectivity index (χ0n) is 18.6. The van der Waals surface area contributed by atoms with Gasteiger partial charge in [0.05, 0.1) is 35.4 Å². The minimum absolute atomic E-state index is 0.254. The number of piperidine rings is 1. The van der Waals surface area contributed by atoms with Crippen molar-refractivity contribution in [3.8, 4) is 0 Å². The van der Waals surface area contributed by atoms with E-state index >= 15 is 0 Å². The summed E-state index contributed by atoms with van der Waals surface area (Å²) >= 11 is 1.63. The fourth-order valence-corrected chi connectivity index (χ4v) is 4.62. The molecule has 1 N–H and O–H groups in total. The molecule has 4 aromatic rings. The van der Waals surface area contributed by atoms with Gasteiger partial charge in [0, 0.05) is 19.6 Å². The van der Waals surface area contributed by atoms with Crippen LogP contribution in [0, 0.1) is 0 Å². The number of benzene rings is 1. The van der Waals surface area contributed by atoms with Gasteiger partial charge in [-0.05, 0) is 37.1 Å². The topological polar surface area (TPSA) is 102 Å². The summed E-state index contributed by atoms with van der Waals surface area (Å²) in [6.07, 6.45) is 6.98. The Hall–Kier alpha value is -3.27. The van der Waals surface area contributed by atoms with Gasteiger partial charge in [-0.2, -0.15) is 5.10 Å². The molecule has 1 fully saturated rings. The standard InChI is InChI=1S/C23H26N8OS/c1-2-33-23-28-20(30-11-6-3-7-12-30)16-14-26-31(21(16)29-23)13-10-24-22(32)19-15-25-17-8-4-5-9-18(17)27-19/h4-5,8-9,14-15H,2-3,6-7,10-13H2,1H3,(H,24,32). The van der Waals surface area contributed by atoms with E-state index in [-0.39, 0.29) is 5.91 Å². The first-order valence-corrected chi connectivity index (χ1v) is 12.3.